The van der Waals surface area contributed by atoms with Gasteiger partial charge in [0.25, 0.3) is 0 Å². The van der Waals surface area contributed by atoms with Crippen LogP contribution in [-0.2, 0) is 17.1 Å². The highest BCUT2D eigenvalue weighted by molar-refractivity contribution is 7.79. The molecule has 2 aromatic carbocycles. The largest absolute Gasteiger partial charge is 0.311 e. The second-order valence-corrected chi connectivity index (χ2v) is 4.36. The first kappa shape index (κ1) is 12.7. The molecule has 2 aromatic rings. The van der Waals surface area contributed by atoms with E-state index in [1.165, 1.54) is 0 Å². The third-order valence-corrected chi connectivity index (χ3v) is 3.14. The summed E-state index contributed by atoms with van der Waals surface area (Å²) >= 11 is 4.22. The van der Waals surface area contributed by atoms with Crippen LogP contribution in [0, 0.1) is 0 Å². The lowest BCUT2D eigenvalue weighted by Gasteiger charge is -2.17. The lowest BCUT2D eigenvalue weighted by atomic mass is 10.2. The van der Waals surface area contributed by atoms with Crippen molar-refractivity contribution in [3.8, 4) is 0 Å². The summed E-state index contributed by atoms with van der Waals surface area (Å²) in [6.45, 7) is 0.588. The van der Waals surface area contributed by atoms with Gasteiger partial charge in [0.2, 0.25) is 6.41 Å². The number of rotatable bonds is 5. The fourth-order valence-corrected chi connectivity index (χ4v) is 1.97. The molecule has 0 bridgehead atoms. The summed E-state index contributed by atoms with van der Waals surface area (Å²) in [5, 5.41) is 0. The van der Waals surface area contributed by atoms with E-state index in [4.69, 9.17) is 0 Å². The maximum Gasteiger partial charge on any atom is 0.214 e. The van der Waals surface area contributed by atoms with Crippen LogP contribution in [0.5, 0.6) is 0 Å². The zero-order valence-electron chi connectivity index (χ0n) is 9.99. The maximum atomic E-state index is 11.2. The third kappa shape index (κ3) is 3.14. The molecule has 92 valence electrons. The fraction of sp³-hybridized carbons (Fsp3) is 0.133. The molecular weight excluding hydrogens is 242 g/mol. The van der Waals surface area contributed by atoms with Gasteiger partial charge in [0.15, 0.2) is 0 Å². The molecule has 0 saturated carbocycles. The molecule has 0 aliphatic heterocycles. The number of thiol groups is 1. The van der Waals surface area contributed by atoms with Crippen LogP contribution in [0.1, 0.15) is 11.1 Å². The van der Waals surface area contributed by atoms with Gasteiger partial charge in [-0.15, -0.1) is 0 Å². The Morgan fingerprint density at radius 3 is 2.17 bits per heavy atom. The summed E-state index contributed by atoms with van der Waals surface area (Å²) in [7, 11) is 0. The highest BCUT2D eigenvalue weighted by Gasteiger charge is 2.05. The Balaban J connectivity index is 2.15. The number of carbonyl (C=O) groups excluding carboxylic acids is 1. The van der Waals surface area contributed by atoms with Crippen molar-refractivity contribution < 1.29 is 4.79 Å². The summed E-state index contributed by atoms with van der Waals surface area (Å²) in [4.78, 5) is 12.9. The minimum atomic E-state index is 0.588. The molecule has 0 unspecified atom stereocenters. The van der Waals surface area contributed by atoms with Crippen LogP contribution in [0.2, 0.25) is 0 Å². The molecule has 0 radical (unpaired) electrons. The summed E-state index contributed by atoms with van der Waals surface area (Å²) in [6.07, 6.45) is 0.864. The van der Waals surface area contributed by atoms with Crippen molar-refractivity contribution in [2.75, 3.05) is 4.90 Å². The van der Waals surface area contributed by atoms with Crippen LogP contribution < -0.4 is 4.90 Å². The topological polar surface area (TPSA) is 20.3 Å². The average molecular weight is 257 g/mol. The Bertz CT molecular complexity index is 496. The SMILES string of the molecule is O=CN(Cc1ccccc1)c1ccc(CS)cc1. The number of nitrogens with zero attached hydrogens (tertiary/aromatic N) is 1. The number of anilines is 1. The first-order valence-corrected chi connectivity index (χ1v) is 6.42. The van der Waals surface area contributed by atoms with Crippen molar-refractivity contribution in [3.63, 3.8) is 0 Å². The Morgan fingerprint density at radius 2 is 1.61 bits per heavy atom. The van der Waals surface area contributed by atoms with Crippen molar-refractivity contribution in [1.82, 2.24) is 0 Å². The number of hydrogen-bond donors (Lipinski definition) is 1. The van der Waals surface area contributed by atoms with E-state index in [1.807, 2.05) is 54.6 Å². The van der Waals surface area contributed by atoms with E-state index in [0.717, 1.165) is 23.2 Å². The molecule has 18 heavy (non-hydrogen) atoms. The van der Waals surface area contributed by atoms with E-state index >= 15 is 0 Å². The van der Waals surface area contributed by atoms with Crippen LogP contribution in [0.3, 0.4) is 0 Å². The third-order valence-electron chi connectivity index (χ3n) is 2.77. The summed E-state index contributed by atoms with van der Waals surface area (Å²) < 4.78 is 0. The predicted octanol–water partition coefficient (Wildman–Crippen LogP) is 3.28. The molecule has 0 fully saturated rings. The van der Waals surface area contributed by atoms with Gasteiger partial charge in [0.05, 0.1) is 6.54 Å². The molecule has 0 aliphatic carbocycles. The van der Waals surface area contributed by atoms with Gasteiger partial charge in [0, 0.05) is 11.4 Å². The van der Waals surface area contributed by atoms with Gasteiger partial charge >= 0.3 is 0 Å². The summed E-state index contributed by atoms with van der Waals surface area (Å²) in [5.74, 6) is 0.708. The molecule has 0 saturated heterocycles. The fourth-order valence-electron chi connectivity index (χ4n) is 1.76. The Kier molecular flexibility index (Phi) is 4.42. The minimum absolute atomic E-state index is 0.588. The van der Waals surface area contributed by atoms with Gasteiger partial charge in [-0.25, -0.2) is 0 Å². The zero-order valence-corrected chi connectivity index (χ0v) is 10.9. The smallest absolute Gasteiger partial charge is 0.214 e. The molecule has 0 N–H and O–H groups in total. The highest BCUT2D eigenvalue weighted by Crippen LogP contribution is 2.17. The van der Waals surface area contributed by atoms with Crippen molar-refractivity contribution >= 4 is 24.7 Å². The van der Waals surface area contributed by atoms with Crippen LogP contribution in [-0.4, -0.2) is 6.41 Å². The van der Waals surface area contributed by atoms with Gasteiger partial charge in [0.1, 0.15) is 0 Å². The van der Waals surface area contributed by atoms with E-state index in [2.05, 4.69) is 12.6 Å². The van der Waals surface area contributed by atoms with Gasteiger partial charge in [-0.05, 0) is 23.3 Å². The van der Waals surface area contributed by atoms with E-state index in [0.29, 0.717) is 12.3 Å². The summed E-state index contributed by atoms with van der Waals surface area (Å²) in [6, 6.07) is 17.8. The van der Waals surface area contributed by atoms with Crippen LogP contribution in [0.4, 0.5) is 5.69 Å². The Hall–Kier alpha value is -1.74. The monoisotopic (exact) mass is 257 g/mol. The molecule has 2 nitrogen and oxygen atoms in total. The maximum absolute atomic E-state index is 11.2. The van der Waals surface area contributed by atoms with Crippen LogP contribution >= 0.6 is 12.6 Å². The van der Waals surface area contributed by atoms with Gasteiger partial charge < -0.3 is 4.90 Å². The lowest BCUT2D eigenvalue weighted by molar-refractivity contribution is -0.107. The number of carbonyl (C=O) groups is 1. The van der Waals surface area contributed by atoms with Crippen molar-refractivity contribution in [2.24, 2.45) is 0 Å². The standard InChI is InChI=1S/C15H15NOS/c17-12-16(10-13-4-2-1-3-5-13)15-8-6-14(11-18)7-9-15/h1-9,12,18H,10-11H2. The number of amides is 1. The van der Waals surface area contributed by atoms with Crippen molar-refractivity contribution in [1.29, 1.82) is 0 Å². The number of hydrogen-bond acceptors (Lipinski definition) is 2. The summed E-state index contributed by atoms with van der Waals surface area (Å²) in [5.41, 5.74) is 3.16. The lowest BCUT2D eigenvalue weighted by Crippen LogP contribution is -2.20. The zero-order chi connectivity index (χ0) is 12.8. The predicted molar refractivity (Wildman–Crippen MR) is 77.8 cm³/mol. The van der Waals surface area contributed by atoms with E-state index in [-0.39, 0.29) is 0 Å². The molecule has 0 aliphatic rings. The van der Waals surface area contributed by atoms with Crippen LogP contribution in [0.25, 0.3) is 0 Å². The first-order chi connectivity index (χ1) is 8.83. The normalized spacial score (nSPS) is 10.1. The molecule has 0 aromatic heterocycles. The van der Waals surface area contributed by atoms with E-state index < -0.39 is 0 Å². The quantitative estimate of drug-likeness (QED) is 0.644. The number of benzene rings is 2. The van der Waals surface area contributed by atoms with Gasteiger partial charge in [-0.3, -0.25) is 4.79 Å². The molecule has 3 heteroatoms. The molecule has 2 rings (SSSR count). The van der Waals surface area contributed by atoms with E-state index in [1.54, 1.807) is 4.90 Å². The molecule has 0 heterocycles. The molecule has 0 spiro atoms. The first-order valence-electron chi connectivity index (χ1n) is 5.79. The molecule has 0 atom stereocenters. The molecular formula is C15H15NOS. The van der Waals surface area contributed by atoms with Crippen molar-refractivity contribution in [2.45, 2.75) is 12.3 Å². The van der Waals surface area contributed by atoms with Gasteiger partial charge in [-0.1, -0.05) is 42.5 Å². The highest BCUT2D eigenvalue weighted by atomic mass is 32.1. The average Bonchev–Trinajstić information content (AvgIpc) is 2.46. The Labute approximate surface area is 113 Å². The van der Waals surface area contributed by atoms with Crippen molar-refractivity contribution in [3.05, 3.63) is 65.7 Å². The minimum Gasteiger partial charge on any atom is -0.311 e. The second kappa shape index (κ2) is 6.26. The molecule has 1 amide bonds. The van der Waals surface area contributed by atoms with Crippen LogP contribution in [0.15, 0.2) is 54.6 Å². The van der Waals surface area contributed by atoms with Gasteiger partial charge in [-0.2, -0.15) is 12.6 Å². The van der Waals surface area contributed by atoms with E-state index in [9.17, 15) is 4.79 Å². The second-order valence-electron chi connectivity index (χ2n) is 4.04. The Morgan fingerprint density at radius 1 is 0.944 bits per heavy atom.